The number of benzene rings is 1. The lowest BCUT2D eigenvalue weighted by Gasteiger charge is -1.99. The van der Waals surface area contributed by atoms with Crippen molar-refractivity contribution >= 4 is 27.2 Å². The minimum atomic E-state index is 0.193. The second-order valence-corrected chi connectivity index (χ2v) is 5.64. The number of Topliss-reactive ketones (excluding diaryl/α,β-unsaturated/α-hetero) is 1. The summed E-state index contributed by atoms with van der Waals surface area (Å²) in [6.45, 7) is 3.72. The molecule has 1 heterocycles. The number of fused-ring (bicyclic) bond motifs is 2. The van der Waals surface area contributed by atoms with Gasteiger partial charge in [-0.15, -0.1) is 11.3 Å². The fraction of sp³-hybridized carbons (Fsp3) is 0.357. The highest BCUT2D eigenvalue weighted by Gasteiger charge is 2.17. The second-order valence-electron chi connectivity index (χ2n) is 4.58. The van der Waals surface area contributed by atoms with Crippen molar-refractivity contribution in [3.8, 4) is 0 Å². The summed E-state index contributed by atoms with van der Waals surface area (Å²) in [4.78, 5) is 12.4. The molecule has 2 aromatic rings. The molecule has 0 atom stereocenters. The molecule has 0 aliphatic heterocycles. The van der Waals surface area contributed by atoms with Crippen molar-refractivity contribution in [2.45, 2.75) is 33.1 Å². The summed E-state index contributed by atoms with van der Waals surface area (Å²) in [5, 5.41) is 1.29. The fourth-order valence-electron chi connectivity index (χ4n) is 2.62. The highest BCUT2D eigenvalue weighted by Crippen LogP contribution is 2.35. The highest BCUT2D eigenvalue weighted by atomic mass is 32.1. The van der Waals surface area contributed by atoms with Crippen LogP contribution in [0.1, 0.15) is 39.7 Å². The van der Waals surface area contributed by atoms with Crippen molar-refractivity contribution in [2.75, 3.05) is 0 Å². The number of aryl methyl sites for hydroxylation is 3. The zero-order valence-corrected chi connectivity index (χ0v) is 10.4. The van der Waals surface area contributed by atoms with E-state index in [1.54, 1.807) is 18.3 Å². The van der Waals surface area contributed by atoms with E-state index >= 15 is 0 Å². The molecular weight excluding hydrogens is 216 g/mol. The van der Waals surface area contributed by atoms with Gasteiger partial charge in [-0.2, -0.15) is 0 Å². The van der Waals surface area contributed by atoms with Gasteiger partial charge in [0.05, 0.1) is 4.88 Å². The monoisotopic (exact) mass is 230 g/mol. The van der Waals surface area contributed by atoms with Crippen molar-refractivity contribution in [1.82, 2.24) is 0 Å². The van der Waals surface area contributed by atoms with Crippen LogP contribution in [0.25, 0.3) is 10.1 Å². The van der Waals surface area contributed by atoms with Gasteiger partial charge in [-0.05, 0) is 67.3 Å². The molecule has 16 heavy (non-hydrogen) atoms. The van der Waals surface area contributed by atoms with Gasteiger partial charge in [-0.3, -0.25) is 4.79 Å². The van der Waals surface area contributed by atoms with Crippen molar-refractivity contribution in [3.05, 3.63) is 33.7 Å². The molecule has 1 nitrogen and oxygen atoms in total. The highest BCUT2D eigenvalue weighted by molar-refractivity contribution is 7.21. The molecule has 0 N–H and O–H groups in total. The van der Waals surface area contributed by atoms with Crippen LogP contribution >= 0.6 is 11.3 Å². The Kier molecular flexibility index (Phi) is 2.15. The van der Waals surface area contributed by atoms with Crippen molar-refractivity contribution in [1.29, 1.82) is 0 Å². The Labute approximate surface area is 99.1 Å². The first-order chi connectivity index (χ1) is 7.66. The fourth-order valence-corrected chi connectivity index (χ4v) is 3.77. The number of carbonyl (C=O) groups is 1. The van der Waals surface area contributed by atoms with E-state index < -0.39 is 0 Å². The molecule has 3 rings (SSSR count). The Morgan fingerprint density at radius 2 is 1.94 bits per heavy atom. The molecule has 0 saturated heterocycles. The smallest absolute Gasteiger partial charge is 0.170 e. The van der Waals surface area contributed by atoms with Crippen LogP contribution in [-0.2, 0) is 12.8 Å². The quantitative estimate of drug-likeness (QED) is 0.679. The Hall–Kier alpha value is -1.15. The standard InChI is InChI=1S/C14H14OS/c1-8-12-6-10-4-3-5-11(10)7-13(12)16-14(8)9(2)15/h6-7H,3-5H2,1-2H3. The second kappa shape index (κ2) is 3.42. The van der Waals surface area contributed by atoms with Crippen molar-refractivity contribution in [2.24, 2.45) is 0 Å². The zero-order valence-electron chi connectivity index (χ0n) is 9.59. The van der Waals surface area contributed by atoms with Crippen LogP contribution in [0.4, 0.5) is 0 Å². The van der Waals surface area contributed by atoms with Gasteiger partial charge in [0.2, 0.25) is 0 Å². The third-order valence-electron chi connectivity index (χ3n) is 3.47. The van der Waals surface area contributed by atoms with Crippen LogP contribution in [0, 0.1) is 6.92 Å². The van der Waals surface area contributed by atoms with Crippen molar-refractivity contribution < 1.29 is 4.79 Å². The molecule has 0 unspecified atom stereocenters. The number of thiophene rings is 1. The van der Waals surface area contributed by atoms with Crippen LogP contribution in [0.3, 0.4) is 0 Å². The van der Waals surface area contributed by atoms with Crippen LogP contribution in [0.2, 0.25) is 0 Å². The summed E-state index contributed by atoms with van der Waals surface area (Å²) in [6, 6.07) is 4.59. The molecule has 82 valence electrons. The molecule has 0 radical (unpaired) electrons. The molecule has 0 bridgehead atoms. The van der Waals surface area contributed by atoms with E-state index in [1.165, 1.54) is 46.0 Å². The average Bonchev–Trinajstić information content (AvgIpc) is 2.80. The van der Waals surface area contributed by atoms with Gasteiger partial charge in [0, 0.05) is 4.70 Å². The Bertz CT molecular complexity index is 592. The minimum Gasteiger partial charge on any atom is -0.294 e. The SMILES string of the molecule is CC(=O)c1sc2cc3c(cc2c1C)CCC3. The number of ketones is 1. The molecule has 1 aliphatic rings. The van der Waals surface area contributed by atoms with E-state index in [2.05, 4.69) is 19.1 Å². The Morgan fingerprint density at radius 1 is 1.25 bits per heavy atom. The van der Waals surface area contributed by atoms with Gasteiger partial charge in [-0.1, -0.05) is 0 Å². The summed E-state index contributed by atoms with van der Waals surface area (Å²) in [6.07, 6.45) is 3.69. The molecule has 1 aliphatic carbocycles. The Balaban J connectivity index is 2.32. The van der Waals surface area contributed by atoms with E-state index in [0.29, 0.717) is 0 Å². The largest absolute Gasteiger partial charge is 0.294 e. The normalized spacial score (nSPS) is 14.4. The van der Waals surface area contributed by atoms with E-state index in [9.17, 15) is 4.79 Å². The van der Waals surface area contributed by atoms with Gasteiger partial charge in [0.1, 0.15) is 0 Å². The maximum absolute atomic E-state index is 11.5. The van der Waals surface area contributed by atoms with Gasteiger partial charge in [0.15, 0.2) is 5.78 Å². The van der Waals surface area contributed by atoms with Gasteiger partial charge >= 0.3 is 0 Å². The maximum atomic E-state index is 11.5. The zero-order chi connectivity index (χ0) is 11.3. The third-order valence-corrected chi connectivity index (χ3v) is 4.83. The van der Waals surface area contributed by atoms with Gasteiger partial charge in [-0.25, -0.2) is 0 Å². The molecule has 2 heteroatoms. The predicted octanol–water partition coefficient (Wildman–Crippen LogP) is 3.90. The molecular formula is C14H14OS. The molecule has 0 fully saturated rings. The van der Waals surface area contributed by atoms with E-state index in [4.69, 9.17) is 0 Å². The maximum Gasteiger partial charge on any atom is 0.170 e. The van der Waals surface area contributed by atoms with Gasteiger partial charge < -0.3 is 0 Å². The minimum absolute atomic E-state index is 0.193. The van der Waals surface area contributed by atoms with Crippen molar-refractivity contribution in [3.63, 3.8) is 0 Å². The molecule has 0 saturated carbocycles. The lowest BCUT2D eigenvalue weighted by atomic mass is 10.0. The topological polar surface area (TPSA) is 17.1 Å². The number of hydrogen-bond donors (Lipinski definition) is 0. The third kappa shape index (κ3) is 1.33. The first-order valence-corrected chi connectivity index (χ1v) is 6.54. The van der Waals surface area contributed by atoms with E-state index in [1.807, 2.05) is 0 Å². The number of carbonyl (C=O) groups excluding carboxylic acids is 1. The van der Waals surface area contributed by atoms with Gasteiger partial charge in [0.25, 0.3) is 0 Å². The lowest BCUT2D eigenvalue weighted by molar-refractivity contribution is 0.102. The summed E-state index contributed by atoms with van der Waals surface area (Å²) < 4.78 is 1.28. The van der Waals surface area contributed by atoms with Crippen LogP contribution in [-0.4, -0.2) is 5.78 Å². The predicted molar refractivity (Wildman–Crippen MR) is 68.6 cm³/mol. The lowest BCUT2D eigenvalue weighted by Crippen LogP contribution is -1.89. The van der Waals surface area contributed by atoms with E-state index in [0.717, 1.165) is 4.88 Å². The summed E-state index contributed by atoms with van der Waals surface area (Å²) >= 11 is 1.65. The first kappa shape index (κ1) is 10.0. The first-order valence-electron chi connectivity index (χ1n) is 5.72. The molecule has 0 amide bonds. The molecule has 0 spiro atoms. The molecule has 1 aromatic carbocycles. The van der Waals surface area contributed by atoms with Crippen LogP contribution in [0.15, 0.2) is 12.1 Å². The summed E-state index contributed by atoms with van der Waals surface area (Å²) in [7, 11) is 0. The average molecular weight is 230 g/mol. The summed E-state index contributed by atoms with van der Waals surface area (Å²) in [5.41, 5.74) is 4.15. The number of rotatable bonds is 1. The van der Waals surface area contributed by atoms with E-state index in [-0.39, 0.29) is 5.78 Å². The van der Waals surface area contributed by atoms with Crippen LogP contribution in [0.5, 0.6) is 0 Å². The Morgan fingerprint density at radius 3 is 2.62 bits per heavy atom. The molecule has 1 aromatic heterocycles. The number of hydrogen-bond acceptors (Lipinski definition) is 2. The van der Waals surface area contributed by atoms with Crippen LogP contribution < -0.4 is 0 Å². The summed E-state index contributed by atoms with van der Waals surface area (Å²) in [5.74, 6) is 0.193.